The van der Waals surface area contributed by atoms with Gasteiger partial charge in [0, 0.05) is 26.3 Å². The summed E-state index contributed by atoms with van der Waals surface area (Å²) in [6.45, 7) is 40.2. The van der Waals surface area contributed by atoms with E-state index in [4.69, 9.17) is 14.2 Å². The molecule has 0 unspecified atom stereocenters. The van der Waals surface area contributed by atoms with Crippen LogP contribution in [0.5, 0.6) is 5.75 Å². The van der Waals surface area contributed by atoms with Gasteiger partial charge in [0.25, 0.3) is 0 Å². The van der Waals surface area contributed by atoms with Crippen molar-refractivity contribution < 1.29 is 22.6 Å². The van der Waals surface area contributed by atoms with Gasteiger partial charge in [0.15, 0.2) is 0 Å². The fourth-order valence-corrected chi connectivity index (χ4v) is 8.07. The van der Waals surface area contributed by atoms with Gasteiger partial charge in [0.1, 0.15) is 12.4 Å². The first-order valence-corrected chi connectivity index (χ1v) is 26.9. The highest BCUT2D eigenvalue weighted by Crippen LogP contribution is 2.21. The van der Waals surface area contributed by atoms with Crippen LogP contribution < -0.4 is 4.74 Å². The Labute approximate surface area is 403 Å². The Bertz CT molecular complexity index is 1650. The molecule has 6 nitrogen and oxygen atoms in total. The van der Waals surface area contributed by atoms with E-state index in [1.54, 1.807) is 35.7 Å². The van der Waals surface area contributed by atoms with E-state index < -0.39 is 10.0 Å². The van der Waals surface area contributed by atoms with Gasteiger partial charge in [-0.05, 0) is 133 Å². The molecule has 0 fully saturated rings. The van der Waals surface area contributed by atoms with Gasteiger partial charge in [-0.25, -0.2) is 8.42 Å². The van der Waals surface area contributed by atoms with Crippen LogP contribution in [0.2, 0.25) is 0 Å². The van der Waals surface area contributed by atoms with Crippen molar-refractivity contribution in [2.75, 3.05) is 33.4 Å². The lowest BCUT2D eigenvalue weighted by atomic mass is 9.98. The summed E-state index contributed by atoms with van der Waals surface area (Å²) < 4.78 is 42.4. The Kier molecular flexibility index (Phi) is 39.3. The zero-order valence-corrected chi connectivity index (χ0v) is 45.8. The smallest absolute Gasteiger partial charge is 0.243 e. The highest BCUT2D eigenvalue weighted by molar-refractivity contribution is 7.89. The quantitative estimate of drug-likeness (QED) is 0.0593. The minimum atomic E-state index is -3.41. The van der Waals surface area contributed by atoms with Crippen LogP contribution in [0, 0.1) is 29.6 Å². The number of hydrogen-bond acceptors (Lipinski definition) is 5. The van der Waals surface area contributed by atoms with Crippen LogP contribution >= 0.6 is 0 Å². The molecule has 0 aliphatic rings. The third-order valence-electron chi connectivity index (χ3n) is 10.3. The Morgan fingerprint density at radius 2 is 1.08 bits per heavy atom. The second kappa shape index (κ2) is 40.0. The summed E-state index contributed by atoms with van der Waals surface area (Å²) >= 11 is 0. The molecule has 0 saturated heterocycles. The lowest BCUT2D eigenvalue weighted by molar-refractivity contribution is 0.124. The summed E-state index contributed by atoms with van der Waals surface area (Å²) in [5, 5.41) is 0. The maximum absolute atomic E-state index is 12.6. The predicted molar refractivity (Wildman–Crippen MR) is 285 cm³/mol. The molecule has 3 aromatic carbocycles. The second-order valence-electron chi connectivity index (χ2n) is 19.3. The van der Waals surface area contributed by atoms with Gasteiger partial charge in [-0.2, -0.15) is 4.31 Å². The minimum Gasteiger partial charge on any atom is -0.497 e. The Morgan fingerprint density at radius 3 is 1.54 bits per heavy atom. The molecule has 0 amide bonds. The molecule has 0 radical (unpaired) electrons. The van der Waals surface area contributed by atoms with Crippen LogP contribution in [0.25, 0.3) is 0 Å². The van der Waals surface area contributed by atoms with Crippen molar-refractivity contribution in [2.24, 2.45) is 29.6 Å². The maximum Gasteiger partial charge on any atom is 0.243 e. The average molecular weight is 925 g/mol. The highest BCUT2D eigenvalue weighted by atomic mass is 32.2. The summed E-state index contributed by atoms with van der Waals surface area (Å²) in [4.78, 5) is 0.329. The predicted octanol–water partition coefficient (Wildman–Crippen LogP) is 16.4. The van der Waals surface area contributed by atoms with E-state index in [1.165, 1.54) is 72.6 Å². The second-order valence-corrected chi connectivity index (χ2v) is 21.2. The van der Waals surface area contributed by atoms with E-state index in [-0.39, 0.29) is 0 Å². The van der Waals surface area contributed by atoms with Crippen molar-refractivity contribution in [3.8, 4) is 5.75 Å². The van der Waals surface area contributed by atoms with E-state index in [0.717, 1.165) is 69.5 Å². The molecule has 0 heterocycles. The lowest BCUT2D eigenvalue weighted by Crippen LogP contribution is -2.33. The number of hydrogen-bond donors (Lipinski definition) is 0. The summed E-state index contributed by atoms with van der Waals surface area (Å²) in [6, 6.07) is 22.3. The number of aryl methyl sites for hydroxylation is 2. The number of rotatable bonds is 26. The van der Waals surface area contributed by atoms with Gasteiger partial charge < -0.3 is 14.2 Å². The summed E-state index contributed by atoms with van der Waals surface area (Å²) in [5.74, 6) is 4.29. The van der Waals surface area contributed by atoms with Gasteiger partial charge in [0.2, 0.25) is 10.0 Å². The van der Waals surface area contributed by atoms with E-state index in [9.17, 15) is 8.42 Å². The zero-order valence-electron chi connectivity index (χ0n) is 44.9. The van der Waals surface area contributed by atoms with Crippen LogP contribution in [-0.2, 0) is 51.8 Å². The normalized spacial score (nSPS) is 11.0. The fourth-order valence-electron chi connectivity index (χ4n) is 6.52. The van der Waals surface area contributed by atoms with Crippen LogP contribution in [0.1, 0.15) is 183 Å². The third-order valence-corrected chi connectivity index (χ3v) is 12.2. The van der Waals surface area contributed by atoms with Crippen LogP contribution in [0.3, 0.4) is 0 Å². The van der Waals surface area contributed by atoms with E-state index in [1.807, 2.05) is 6.92 Å². The van der Waals surface area contributed by atoms with Crippen LogP contribution in [0.4, 0.5) is 0 Å². The Morgan fingerprint density at radius 1 is 0.554 bits per heavy atom. The zero-order chi connectivity index (χ0) is 49.6. The monoisotopic (exact) mass is 924 g/mol. The van der Waals surface area contributed by atoms with Crippen molar-refractivity contribution in [3.63, 3.8) is 0 Å². The Hall–Kier alpha value is -3.13. The summed E-state index contributed by atoms with van der Waals surface area (Å²) in [6.07, 6.45) is 15.7. The SMILES string of the molecule is C=COCc1cc(CC)cc(CC(C)C)c1.CCCCCC(C)C.CCCN(CCC(C)C)S(=O)(=O)c1ccc(OC)cc1.CCCOCCC(C)C.CCc1ccc(CC(C)C)cc1. The molecular formula is C58H101NO5S. The average Bonchev–Trinajstić information content (AvgIpc) is 3.26. The van der Waals surface area contributed by atoms with Crippen molar-refractivity contribution >= 4 is 10.0 Å². The first kappa shape index (κ1) is 64.0. The molecule has 3 rings (SSSR count). The van der Waals surface area contributed by atoms with Crippen molar-refractivity contribution in [1.82, 2.24) is 4.31 Å². The molecule has 0 aliphatic heterocycles. The van der Waals surface area contributed by atoms with Gasteiger partial charge in [-0.15, -0.1) is 0 Å². The molecule has 65 heavy (non-hydrogen) atoms. The number of methoxy groups -OCH3 is 1. The number of nitrogens with zero attached hydrogens (tertiary/aromatic N) is 1. The maximum atomic E-state index is 12.6. The molecule has 3 aromatic rings. The van der Waals surface area contributed by atoms with E-state index in [0.29, 0.717) is 42.2 Å². The van der Waals surface area contributed by atoms with Gasteiger partial charge >= 0.3 is 0 Å². The molecule has 0 atom stereocenters. The van der Waals surface area contributed by atoms with Crippen LogP contribution in [-0.4, -0.2) is 46.1 Å². The molecule has 7 heteroatoms. The standard InChI is InChI=1S/C15H25NO3S.C15H22O.C12H18.C8H18O.C8H18/c1-5-11-16(12-10-13(2)3)20(17,18)15-8-6-14(19-4)7-9-15;1-5-13-8-14(7-12(3)4)10-15(9-13)11-16-6-2;1-4-11-5-7-12(8-6-11)9-10(2)3;1-4-6-9-7-5-8(2)3;1-4-5-6-7-8(2)3/h6-9,13H,5,10-12H2,1-4H3;6,8-10,12H,2,5,7,11H2,1,3-4H3;5-8,10H,4,9H2,1-3H3;8H,4-7H2,1-3H3;8H,4-7H2,1-3H3. The largest absolute Gasteiger partial charge is 0.497 e. The molecule has 0 aromatic heterocycles. The molecule has 0 aliphatic carbocycles. The molecular weight excluding hydrogens is 823 g/mol. The summed E-state index contributed by atoms with van der Waals surface area (Å²) in [7, 11) is -1.84. The molecule has 0 N–H and O–H groups in total. The number of unbranched alkanes of at least 4 members (excludes halogenated alkanes) is 2. The van der Waals surface area contributed by atoms with Crippen molar-refractivity contribution in [2.45, 2.75) is 192 Å². The molecule has 0 bridgehead atoms. The molecule has 0 spiro atoms. The molecule has 0 saturated carbocycles. The van der Waals surface area contributed by atoms with E-state index in [2.05, 4.69) is 146 Å². The fraction of sp³-hybridized carbons (Fsp3) is 0.655. The van der Waals surface area contributed by atoms with Crippen LogP contribution in [0.15, 0.2) is 84.5 Å². The first-order chi connectivity index (χ1) is 30.8. The Balaban J connectivity index is 0. The number of ether oxygens (including phenoxy) is 3. The topological polar surface area (TPSA) is 65.1 Å². The highest BCUT2D eigenvalue weighted by Gasteiger charge is 2.23. The van der Waals surface area contributed by atoms with Crippen molar-refractivity contribution in [1.29, 1.82) is 0 Å². The van der Waals surface area contributed by atoms with Gasteiger partial charge in [-0.1, -0.05) is 179 Å². The number of benzene rings is 3. The van der Waals surface area contributed by atoms with Gasteiger partial charge in [-0.3, -0.25) is 0 Å². The molecule has 374 valence electrons. The minimum absolute atomic E-state index is 0.329. The first-order valence-electron chi connectivity index (χ1n) is 25.5. The number of sulfonamides is 1. The summed E-state index contributed by atoms with van der Waals surface area (Å²) in [5.41, 5.74) is 6.94. The lowest BCUT2D eigenvalue weighted by Gasteiger charge is -2.22. The van der Waals surface area contributed by atoms with E-state index >= 15 is 0 Å². The third kappa shape index (κ3) is 34.8. The van der Waals surface area contributed by atoms with Gasteiger partial charge in [0.05, 0.1) is 18.3 Å². The van der Waals surface area contributed by atoms with Crippen molar-refractivity contribution in [3.05, 3.63) is 107 Å².